The van der Waals surface area contributed by atoms with Crippen LogP contribution in [0.3, 0.4) is 0 Å². The van der Waals surface area contributed by atoms with E-state index < -0.39 is 10.0 Å². The van der Waals surface area contributed by atoms with Gasteiger partial charge in [-0.05, 0) is 38.1 Å². The Balaban J connectivity index is 1.92. The second-order valence-electron chi connectivity index (χ2n) is 5.25. The van der Waals surface area contributed by atoms with E-state index in [1.807, 2.05) is 13.8 Å². The first-order valence-electron chi connectivity index (χ1n) is 7.57. The molecule has 1 aromatic rings. The monoisotopic (exact) mass is 328 g/mol. The van der Waals surface area contributed by atoms with Crippen molar-refractivity contribution in [1.82, 2.24) is 9.62 Å². The molecule has 1 N–H and O–H groups in total. The van der Waals surface area contributed by atoms with E-state index in [1.165, 1.54) is 0 Å². The Morgan fingerprint density at radius 1 is 1.27 bits per heavy atom. The van der Waals surface area contributed by atoms with Crippen LogP contribution in [-0.4, -0.2) is 58.8 Å². The summed E-state index contributed by atoms with van der Waals surface area (Å²) in [5, 5.41) is 0. The minimum absolute atomic E-state index is 0.140. The Hall–Kier alpha value is -1.15. The molecule has 1 aliphatic heterocycles. The van der Waals surface area contributed by atoms with Crippen LogP contribution < -0.4 is 9.46 Å². The highest BCUT2D eigenvalue weighted by atomic mass is 32.2. The number of benzene rings is 1. The van der Waals surface area contributed by atoms with Crippen LogP contribution in [-0.2, 0) is 14.8 Å². The zero-order valence-corrected chi connectivity index (χ0v) is 13.9. The number of morpholine rings is 1. The molecule has 1 heterocycles. The SMILES string of the molecule is CCOc1ccc(S(=O)(=O)NC[C@H](C)N2CCOCC2)cc1. The summed E-state index contributed by atoms with van der Waals surface area (Å²) in [4.78, 5) is 2.48. The van der Waals surface area contributed by atoms with E-state index in [2.05, 4.69) is 9.62 Å². The van der Waals surface area contributed by atoms with Crippen molar-refractivity contribution in [2.45, 2.75) is 24.8 Å². The fourth-order valence-electron chi connectivity index (χ4n) is 2.34. The van der Waals surface area contributed by atoms with Gasteiger partial charge in [0.15, 0.2) is 0 Å². The zero-order chi connectivity index (χ0) is 16.0. The average Bonchev–Trinajstić information content (AvgIpc) is 2.54. The largest absolute Gasteiger partial charge is 0.494 e. The first-order valence-corrected chi connectivity index (χ1v) is 9.05. The maximum Gasteiger partial charge on any atom is 0.240 e. The predicted molar refractivity (Wildman–Crippen MR) is 84.7 cm³/mol. The molecule has 0 bridgehead atoms. The van der Waals surface area contributed by atoms with Crippen molar-refractivity contribution >= 4 is 10.0 Å². The highest BCUT2D eigenvalue weighted by Gasteiger charge is 2.20. The fourth-order valence-corrected chi connectivity index (χ4v) is 3.46. The lowest BCUT2D eigenvalue weighted by atomic mass is 10.2. The molecule has 0 unspecified atom stereocenters. The Labute approximate surface area is 132 Å². The van der Waals surface area contributed by atoms with Gasteiger partial charge in [0.2, 0.25) is 10.0 Å². The van der Waals surface area contributed by atoms with Gasteiger partial charge >= 0.3 is 0 Å². The molecule has 1 aromatic carbocycles. The van der Waals surface area contributed by atoms with Gasteiger partial charge in [0.1, 0.15) is 5.75 Å². The molecular formula is C15H24N2O4S. The molecule has 124 valence electrons. The topological polar surface area (TPSA) is 67.9 Å². The Kier molecular flexibility index (Phi) is 6.19. The van der Waals surface area contributed by atoms with Crippen LogP contribution in [0.2, 0.25) is 0 Å². The van der Waals surface area contributed by atoms with Gasteiger partial charge in [-0.3, -0.25) is 4.90 Å². The molecular weight excluding hydrogens is 304 g/mol. The van der Waals surface area contributed by atoms with E-state index >= 15 is 0 Å². The van der Waals surface area contributed by atoms with Crippen molar-refractivity contribution in [3.05, 3.63) is 24.3 Å². The smallest absolute Gasteiger partial charge is 0.240 e. The molecule has 0 aliphatic carbocycles. The first kappa shape index (κ1) is 17.2. The van der Waals surface area contributed by atoms with Crippen molar-refractivity contribution in [3.63, 3.8) is 0 Å². The fraction of sp³-hybridized carbons (Fsp3) is 0.600. The molecule has 1 fully saturated rings. The third-order valence-electron chi connectivity index (χ3n) is 3.68. The summed E-state index contributed by atoms with van der Waals surface area (Å²) in [6, 6.07) is 6.60. The highest BCUT2D eigenvalue weighted by molar-refractivity contribution is 7.89. The number of sulfonamides is 1. The number of hydrogen-bond donors (Lipinski definition) is 1. The molecule has 6 nitrogen and oxygen atoms in total. The number of rotatable bonds is 7. The molecule has 0 amide bonds. The van der Waals surface area contributed by atoms with Gasteiger partial charge in [0.05, 0.1) is 24.7 Å². The van der Waals surface area contributed by atoms with Gasteiger partial charge < -0.3 is 9.47 Å². The van der Waals surface area contributed by atoms with Crippen LogP contribution in [0.25, 0.3) is 0 Å². The summed E-state index contributed by atoms with van der Waals surface area (Å²) in [6.07, 6.45) is 0. The van der Waals surface area contributed by atoms with Crippen LogP contribution in [0.5, 0.6) is 5.75 Å². The minimum atomic E-state index is -3.49. The van der Waals surface area contributed by atoms with Crippen molar-refractivity contribution in [2.24, 2.45) is 0 Å². The lowest BCUT2D eigenvalue weighted by Gasteiger charge is -2.32. The number of nitrogens with one attached hydrogen (secondary N) is 1. The molecule has 0 spiro atoms. The molecule has 2 rings (SSSR count). The van der Waals surface area contributed by atoms with Crippen molar-refractivity contribution < 1.29 is 17.9 Å². The van der Waals surface area contributed by atoms with E-state index in [-0.39, 0.29) is 10.9 Å². The third-order valence-corrected chi connectivity index (χ3v) is 5.12. The van der Waals surface area contributed by atoms with Crippen molar-refractivity contribution in [3.8, 4) is 5.75 Å². The average molecular weight is 328 g/mol. The highest BCUT2D eigenvalue weighted by Crippen LogP contribution is 2.16. The number of ether oxygens (including phenoxy) is 2. The maximum atomic E-state index is 12.3. The van der Waals surface area contributed by atoms with E-state index in [0.29, 0.717) is 32.1 Å². The molecule has 1 saturated heterocycles. The molecule has 1 aliphatic rings. The van der Waals surface area contributed by atoms with Gasteiger partial charge in [0.25, 0.3) is 0 Å². The normalized spacial score (nSPS) is 18.1. The molecule has 0 radical (unpaired) electrons. The Bertz CT molecular complexity index is 553. The minimum Gasteiger partial charge on any atom is -0.494 e. The van der Waals surface area contributed by atoms with Crippen molar-refractivity contribution in [1.29, 1.82) is 0 Å². The summed E-state index contributed by atoms with van der Waals surface area (Å²) < 4.78 is 37.9. The van der Waals surface area contributed by atoms with Crippen molar-refractivity contribution in [2.75, 3.05) is 39.5 Å². The summed E-state index contributed by atoms with van der Waals surface area (Å²) in [6.45, 7) is 7.94. The second kappa shape index (κ2) is 7.92. The van der Waals surface area contributed by atoms with Gasteiger partial charge in [-0.1, -0.05) is 0 Å². The predicted octanol–water partition coefficient (Wildman–Crippen LogP) is 1.08. The van der Waals surface area contributed by atoms with Crippen LogP contribution >= 0.6 is 0 Å². The molecule has 1 atom stereocenters. The third kappa shape index (κ3) is 4.67. The number of hydrogen-bond acceptors (Lipinski definition) is 5. The zero-order valence-electron chi connectivity index (χ0n) is 13.1. The lowest BCUT2D eigenvalue weighted by molar-refractivity contribution is 0.0213. The van der Waals surface area contributed by atoms with Crippen LogP contribution in [0.15, 0.2) is 29.2 Å². The lowest BCUT2D eigenvalue weighted by Crippen LogP contribution is -2.47. The van der Waals surface area contributed by atoms with Crippen LogP contribution in [0.1, 0.15) is 13.8 Å². The van der Waals surface area contributed by atoms with Gasteiger partial charge in [-0.2, -0.15) is 0 Å². The van der Waals surface area contributed by atoms with E-state index in [1.54, 1.807) is 24.3 Å². The van der Waals surface area contributed by atoms with Gasteiger partial charge in [-0.25, -0.2) is 13.1 Å². The Morgan fingerprint density at radius 3 is 2.50 bits per heavy atom. The van der Waals surface area contributed by atoms with Gasteiger partial charge in [-0.15, -0.1) is 0 Å². The molecule has 7 heteroatoms. The summed E-state index contributed by atoms with van der Waals surface area (Å²) in [5.74, 6) is 0.670. The molecule has 0 saturated carbocycles. The van der Waals surface area contributed by atoms with E-state index in [4.69, 9.17) is 9.47 Å². The van der Waals surface area contributed by atoms with Crippen LogP contribution in [0, 0.1) is 0 Å². The summed E-state index contributed by atoms with van der Waals surface area (Å²) >= 11 is 0. The Morgan fingerprint density at radius 2 is 1.91 bits per heavy atom. The first-order chi connectivity index (χ1) is 10.5. The van der Waals surface area contributed by atoms with Gasteiger partial charge in [0, 0.05) is 25.7 Å². The van der Waals surface area contributed by atoms with E-state index in [9.17, 15) is 8.42 Å². The van der Waals surface area contributed by atoms with Crippen LogP contribution in [0.4, 0.5) is 0 Å². The molecule has 0 aromatic heterocycles. The maximum absolute atomic E-state index is 12.3. The summed E-state index contributed by atoms with van der Waals surface area (Å²) in [5.41, 5.74) is 0. The molecule has 22 heavy (non-hydrogen) atoms. The van der Waals surface area contributed by atoms with E-state index in [0.717, 1.165) is 13.1 Å². The standard InChI is InChI=1S/C15H24N2O4S/c1-3-21-14-4-6-15(7-5-14)22(18,19)16-12-13(2)17-8-10-20-11-9-17/h4-7,13,16H,3,8-12H2,1-2H3/t13-/m0/s1. The number of nitrogens with zero attached hydrogens (tertiary/aromatic N) is 1. The second-order valence-corrected chi connectivity index (χ2v) is 7.02. The summed E-state index contributed by atoms with van der Waals surface area (Å²) in [7, 11) is -3.49. The quantitative estimate of drug-likeness (QED) is 0.811.